The van der Waals surface area contributed by atoms with Crippen LogP contribution in [0.2, 0.25) is 0 Å². The fourth-order valence-corrected chi connectivity index (χ4v) is 5.39. The molecule has 3 aromatic rings. The number of amides is 3. The smallest absolute Gasteiger partial charge is 0.259 e. The molecule has 188 valence electrons. The van der Waals surface area contributed by atoms with Gasteiger partial charge in [-0.25, -0.2) is 9.89 Å². The van der Waals surface area contributed by atoms with Crippen LogP contribution in [0.5, 0.6) is 5.75 Å². The third kappa shape index (κ3) is 5.42. The second-order valence-electron chi connectivity index (χ2n) is 8.15. The van der Waals surface area contributed by atoms with Crippen LogP contribution >= 0.6 is 23.1 Å². The lowest BCUT2D eigenvalue weighted by Gasteiger charge is -2.25. The van der Waals surface area contributed by atoms with Crippen molar-refractivity contribution in [1.82, 2.24) is 10.2 Å². The second-order valence-corrected chi connectivity index (χ2v) is 10.1. The lowest BCUT2D eigenvalue weighted by molar-refractivity contribution is -0.128. The molecule has 0 aliphatic carbocycles. The Morgan fingerprint density at radius 1 is 1.08 bits per heavy atom. The van der Waals surface area contributed by atoms with E-state index in [1.165, 1.54) is 12.0 Å². The molecule has 0 spiro atoms. The molecule has 5 rings (SSSR count). The molecule has 1 atom stereocenters. The van der Waals surface area contributed by atoms with Gasteiger partial charge >= 0.3 is 0 Å². The number of thioether (sulfide) groups is 1. The molecule has 0 fully saturated rings. The number of fused-ring (bicyclic) bond motifs is 3. The van der Waals surface area contributed by atoms with Crippen molar-refractivity contribution in [2.45, 2.75) is 19.0 Å². The molecule has 2 N–H and O–H groups in total. The number of ether oxygens (including phenoxy) is 1. The number of nitrogens with zero attached hydrogens (tertiary/aromatic N) is 3. The third-order valence-electron chi connectivity index (χ3n) is 5.68. The summed E-state index contributed by atoms with van der Waals surface area (Å²) in [7, 11) is 1.53. The first-order valence-electron chi connectivity index (χ1n) is 11.5. The number of para-hydroxylation sites is 3. The van der Waals surface area contributed by atoms with Crippen LogP contribution in [-0.2, 0) is 20.9 Å². The van der Waals surface area contributed by atoms with Gasteiger partial charge in [0.25, 0.3) is 5.91 Å². The largest absolute Gasteiger partial charge is 0.495 e. The summed E-state index contributed by atoms with van der Waals surface area (Å²) in [6, 6.07) is 17.5. The predicted molar refractivity (Wildman–Crippen MR) is 146 cm³/mol. The topological polar surface area (TPSA) is 112 Å². The minimum Gasteiger partial charge on any atom is -0.495 e. The maximum atomic E-state index is 13.4. The highest BCUT2D eigenvalue weighted by Gasteiger charge is 2.42. The van der Waals surface area contributed by atoms with Crippen LogP contribution in [0.1, 0.15) is 16.9 Å². The fraction of sp³-hybridized carbons (Fsp3) is 0.192. The molecule has 11 heteroatoms. The third-order valence-corrected chi connectivity index (χ3v) is 7.49. The summed E-state index contributed by atoms with van der Waals surface area (Å²) < 4.78 is 5.29. The summed E-state index contributed by atoms with van der Waals surface area (Å²) in [5, 5.41) is 7.97. The van der Waals surface area contributed by atoms with Crippen molar-refractivity contribution >= 4 is 63.2 Å². The second kappa shape index (κ2) is 11.0. The van der Waals surface area contributed by atoms with Gasteiger partial charge < -0.3 is 15.4 Å². The molecular weight excluding hydrogens is 510 g/mol. The van der Waals surface area contributed by atoms with Crippen LogP contribution in [0.4, 0.5) is 11.4 Å². The molecule has 0 radical (unpaired) electrons. The van der Waals surface area contributed by atoms with E-state index in [0.717, 1.165) is 16.6 Å². The Labute approximate surface area is 221 Å². The van der Waals surface area contributed by atoms with Crippen molar-refractivity contribution in [3.05, 3.63) is 76.5 Å². The van der Waals surface area contributed by atoms with E-state index in [9.17, 15) is 14.4 Å². The van der Waals surface area contributed by atoms with E-state index in [1.54, 1.807) is 29.5 Å². The number of methoxy groups -OCH3 is 1. The van der Waals surface area contributed by atoms with Crippen molar-refractivity contribution < 1.29 is 19.1 Å². The Bertz CT molecular complexity index is 1400. The fourth-order valence-electron chi connectivity index (χ4n) is 3.94. The maximum absolute atomic E-state index is 13.4. The van der Waals surface area contributed by atoms with E-state index >= 15 is 0 Å². The van der Waals surface area contributed by atoms with Gasteiger partial charge in [-0.05, 0) is 35.7 Å². The number of thiophene rings is 1. The van der Waals surface area contributed by atoms with Gasteiger partial charge in [0.15, 0.2) is 5.17 Å². The number of hydrogen-bond acceptors (Lipinski definition) is 8. The first-order valence-corrected chi connectivity index (χ1v) is 13.3. The number of amidine groups is 2. The first kappa shape index (κ1) is 24.7. The van der Waals surface area contributed by atoms with E-state index in [-0.39, 0.29) is 29.9 Å². The highest BCUT2D eigenvalue weighted by Crippen LogP contribution is 2.34. The van der Waals surface area contributed by atoms with Crippen molar-refractivity contribution in [2.24, 2.45) is 9.98 Å². The Morgan fingerprint density at radius 3 is 2.70 bits per heavy atom. The van der Waals surface area contributed by atoms with E-state index in [0.29, 0.717) is 40.2 Å². The molecule has 9 nitrogen and oxygen atoms in total. The molecule has 1 aromatic heterocycles. The van der Waals surface area contributed by atoms with E-state index in [4.69, 9.17) is 4.74 Å². The van der Waals surface area contributed by atoms with Gasteiger partial charge in [-0.15, -0.1) is 11.3 Å². The zero-order valence-electron chi connectivity index (χ0n) is 19.8. The van der Waals surface area contributed by atoms with Crippen LogP contribution in [-0.4, -0.2) is 52.5 Å². The summed E-state index contributed by atoms with van der Waals surface area (Å²) in [5.74, 6) is 0.139. The number of benzene rings is 2. The van der Waals surface area contributed by atoms with E-state index in [2.05, 4.69) is 20.6 Å². The van der Waals surface area contributed by atoms with Crippen molar-refractivity contribution in [2.75, 3.05) is 18.2 Å². The lowest BCUT2D eigenvalue weighted by Crippen LogP contribution is -2.42. The molecule has 2 aliphatic rings. The molecule has 0 unspecified atom stereocenters. The zero-order chi connectivity index (χ0) is 25.8. The van der Waals surface area contributed by atoms with E-state index < -0.39 is 6.04 Å². The van der Waals surface area contributed by atoms with Crippen LogP contribution in [0.25, 0.3) is 0 Å². The molecule has 3 heterocycles. The summed E-state index contributed by atoms with van der Waals surface area (Å²) in [6.07, 6.45) is -0.0708. The van der Waals surface area contributed by atoms with Crippen LogP contribution in [0.3, 0.4) is 0 Å². The average molecular weight is 534 g/mol. The molecule has 0 saturated carbocycles. The standard InChI is InChI=1S/C26H23N5O4S2/c1-35-21-11-5-4-10-19(21)28-23(33)15-37-26-30-18-9-3-2-8-17(18)24-29-20(25(34)31(24)26)13-22(32)27-14-16-7-6-12-36-16/h2-12,20H,13-15H2,1H3,(H,27,32)(H,28,33)/t20-/m0/s1. The maximum Gasteiger partial charge on any atom is 0.259 e. The molecule has 3 amide bonds. The predicted octanol–water partition coefficient (Wildman–Crippen LogP) is 3.79. The molecule has 2 aromatic carbocycles. The van der Waals surface area contributed by atoms with Crippen molar-refractivity contribution in [3.63, 3.8) is 0 Å². The minimum absolute atomic E-state index is 0.0159. The molecule has 37 heavy (non-hydrogen) atoms. The average Bonchev–Trinajstić information content (AvgIpc) is 3.55. The van der Waals surface area contributed by atoms with Gasteiger partial charge in [0.1, 0.15) is 17.6 Å². The Morgan fingerprint density at radius 2 is 1.89 bits per heavy atom. The van der Waals surface area contributed by atoms with Gasteiger partial charge in [-0.2, -0.15) is 0 Å². The van der Waals surface area contributed by atoms with Gasteiger partial charge in [0.2, 0.25) is 11.8 Å². The molecular formula is C26H23N5O4S2. The highest BCUT2D eigenvalue weighted by molar-refractivity contribution is 8.14. The van der Waals surface area contributed by atoms with Crippen molar-refractivity contribution in [1.29, 1.82) is 0 Å². The molecule has 2 aliphatic heterocycles. The zero-order valence-corrected chi connectivity index (χ0v) is 21.5. The molecule has 0 bridgehead atoms. The number of hydrogen-bond donors (Lipinski definition) is 2. The van der Waals surface area contributed by atoms with Crippen LogP contribution < -0.4 is 15.4 Å². The van der Waals surface area contributed by atoms with Gasteiger partial charge in [-0.3, -0.25) is 19.4 Å². The van der Waals surface area contributed by atoms with Crippen molar-refractivity contribution in [3.8, 4) is 5.75 Å². The first-order chi connectivity index (χ1) is 18.0. The Kier molecular flexibility index (Phi) is 7.33. The SMILES string of the molecule is COc1ccccc1NC(=O)CSC1=Nc2ccccc2C2=N[C@@H](CC(=O)NCc3cccs3)C(=O)N12. The minimum atomic E-state index is -0.863. The number of anilines is 1. The van der Waals surface area contributed by atoms with Crippen LogP contribution in [0.15, 0.2) is 76.0 Å². The molecule has 0 saturated heterocycles. The van der Waals surface area contributed by atoms with Gasteiger partial charge in [0.05, 0.1) is 37.2 Å². The highest BCUT2D eigenvalue weighted by atomic mass is 32.2. The number of carbonyl (C=O) groups is 3. The number of aliphatic imine (C=N–C) groups is 2. The lowest BCUT2D eigenvalue weighted by atomic mass is 10.1. The number of carbonyl (C=O) groups excluding carboxylic acids is 3. The Hall–Kier alpha value is -3.96. The summed E-state index contributed by atoms with van der Waals surface area (Å²) in [4.78, 5) is 50.3. The quantitative estimate of drug-likeness (QED) is 0.458. The summed E-state index contributed by atoms with van der Waals surface area (Å²) in [5.41, 5.74) is 1.92. The monoisotopic (exact) mass is 533 g/mol. The normalized spacial score (nSPS) is 15.9. The summed E-state index contributed by atoms with van der Waals surface area (Å²) in [6.45, 7) is 0.407. The Balaban J connectivity index is 1.29. The van der Waals surface area contributed by atoms with Crippen LogP contribution in [0, 0.1) is 0 Å². The summed E-state index contributed by atoms with van der Waals surface area (Å²) >= 11 is 2.69. The van der Waals surface area contributed by atoms with E-state index in [1.807, 2.05) is 47.8 Å². The van der Waals surface area contributed by atoms with Gasteiger partial charge in [0, 0.05) is 10.4 Å². The number of nitrogens with one attached hydrogen (secondary N) is 2. The number of rotatable bonds is 8. The van der Waals surface area contributed by atoms with Gasteiger partial charge in [-0.1, -0.05) is 42.1 Å².